The van der Waals surface area contributed by atoms with Crippen molar-refractivity contribution < 1.29 is 4.79 Å². The largest absolute Gasteiger partial charge is 0.358 e. The molecule has 0 saturated heterocycles. The van der Waals surface area contributed by atoms with Crippen molar-refractivity contribution >= 4 is 16.7 Å². The van der Waals surface area contributed by atoms with Gasteiger partial charge in [-0.05, 0) is 48.1 Å². The van der Waals surface area contributed by atoms with Crippen LogP contribution in [0.2, 0.25) is 0 Å². The average Bonchev–Trinajstić information content (AvgIpc) is 3.00. The van der Waals surface area contributed by atoms with Crippen LogP contribution in [0.3, 0.4) is 0 Å². The fraction of sp³-hybridized carbons (Fsp3) is 0.273. The first-order valence-corrected chi connectivity index (χ1v) is 8.85. The first-order chi connectivity index (χ1) is 12.2. The molecule has 1 aromatic heterocycles. The maximum absolute atomic E-state index is 11.7. The fourth-order valence-electron chi connectivity index (χ4n) is 3.97. The van der Waals surface area contributed by atoms with E-state index in [0.29, 0.717) is 30.1 Å². The Labute approximate surface area is 147 Å². The Balaban J connectivity index is 1.81. The normalized spacial score (nSPS) is 15.4. The molecule has 25 heavy (non-hydrogen) atoms. The zero-order valence-corrected chi connectivity index (χ0v) is 14.1. The van der Waals surface area contributed by atoms with Gasteiger partial charge >= 0.3 is 0 Å². The van der Waals surface area contributed by atoms with Gasteiger partial charge in [0.05, 0.1) is 11.6 Å². The maximum Gasteiger partial charge on any atom is 0.132 e. The van der Waals surface area contributed by atoms with E-state index < -0.39 is 0 Å². The van der Waals surface area contributed by atoms with Gasteiger partial charge in [0.2, 0.25) is 0 Å². The molecule has 2 aromatic carbocycles. The van der Waals surface area contributed by atoms with Gasteiger partial charge in [-0.15, -0.1) is 0 Å². The number of hydrogen-bond acceptors (Lipinski definition) is 2. The second-order valence-corrected chi connectivity index (χ2v) is 6.86. The van der Waals surface area contributed by atoms with Crippen molar-refractivity contribution in [3.63, 3.8) is 0 Å². The molecule has 1 fully saturated rings. The number of aromatic amines is 1. The molecule has 3 aromatic rings. The fourth-order valence-corrected chi connectivity index (χ4v) is 3.97. The Kier molecular flexibility index (Phi) is 4.11. The molecule has 124 valence electrons. The van der Waals surface area contributed by atoms with E-state index in [-0.39, 0.29) is 0 Å². The number of rotatable bonds is 3. The summed E-state index contributed by atoms with van der Waals surface area (Å²) in [7, 11) is 0. The molecule has 0 amide bonds. The molecule has 0 radical (unpaired) electrons. The van der Waals surface area contributed by atoms with Gasteiger partial charge in [0.1, 0.15) is 5.78 Å². The van der Waals surface area contributed by atoms with E-state index in [1.807, 2.05) is 24.3 Å². The van der Waals surface area contributed by atoms with E-state index in [9.17, 15) is 10.1 Å². The Bertz CT molecular complexity index is 953. The monoisotopic (exact) mass is 328 g/mol. The van der Waals surface area contributed by atoms with Gasteiger partial charge in [0.25, 0.3) is 0 Å². The third kappa shape index (κ3) is 3.08. The number of nitrogens with zero attached hydrogens (tertiary/aromatic N) is 1. The summed E-state index contributed by atoms with van der Waals surface area (Å²) in [6, 6.07) is 18.5. The van der Waals surface area contributed by atoms with Gasteiger partial charge in [-0.1, -0.05) is 30.3 Å². The van der Waals surface area contributed by atoms with Gasteiger partial charge in [-0.25, -0.2) is 0 Å². The van der Waals surface area contributed by atoms with Crippen LogP contribution < -0.4 is 0 Å². The van der Waals surface area contributed by atoms with E-state index in [0.717, 1.165) is 30.2 Å². The number of hydrogen-bond donors (Lipinski definition) is 1. The summed E-state index contributed by atoms with van der Waals surface area (Å²) >= 11 is 0. The summed E-state index contributed by atoms with van der Waals surface area (Å²) < 4.78 is 0. The van der Waals surface area contributed by atoms with Crippen LogP contribution >= 0.6 is 0 Å². The van der Waals surface area contributed by atoms with Gasteiger partial charge in [0, 0.05) is 35.9 Å². The van der Waals surface area contributed by atoms with Crippen LogP contribution in [0.4, 0.5) is 0 Å². The third-order valence-electron chi connectivity index (χ3n) is 5.22. The van der Waals surface area contributed by atoms with Crippen molar-refractivity contribution in [2.24, 2.45) is 0 Å². The number of benzene rings is 2. The van der Waals surface area contributed by atoms with Gasteiger partial charge in [0.15, 0.2) is 0 Å². The SMILES string of the molecule is N#Cc1ccc2[nH]c(Cc3ccccc3)c(C3CCC(=O)CC3)c2c1. The number of aromatic nitrogens is 1. The molecule has 1 saturated carbocycles. The molecule has 0 unspecified atom stereocenters. The van der Waals surface area contributed by atoms with Gasteiger partial charge in [-0.3, -0.25) is 4.79 Å². The van der Waals surface area contributed by atoms with Crippen LogP contribution in [0.15, 0.2) is 48.5 Å². The van der Waals surface area contributed by atoms with Gasteiger partial charge in [-0.2, -0.15) is 5.26 Å². The van der Waals surface area contributed by atoms with Crippen LogP contribution in [-0.2, 0) is 11.2 Å². The predicted octanol–water partition coefficient (Wildman–Crippen LogP) is 4.86. The molecule has 1 N–H and O–H groups in total. The lowest BCUT2D eigenvalue weighted by atomic mass is 9.81. The van der Waals surface area contributed by atoms with Crippen molar-refractivity contribution in [1.29, 1.82) is 5.26 Å². The number of carbonyl (C=O) groups excluding carboxylic acids is 1. The minimum absolute atomic E-state index is 0.374. The van der Waals surface area contributed by atoms with Crippen molar-refractivity contribution in [3.05, 3.63) is 70.9 Å². The molecule has 1 aliphatic rings. The van der Waals surface area contributed by atoms with Crippen LogP contribution in [-0.4, -0.2) is 10.8 Å². The smallest absolute Gasteiger partial charge is 0.132 e. The highest BCUT2D eigenvalue weighted by Gasteiger charge is 2.25. The molecule has 3 heteroatoms. The first kappa shape index (κ1) is 15.7. The Hall–Kier alpha value is -2.86. The summed E-state index contributed by atoms with van der Waals surface area (Å²) in [5.74, 6) is 0.762. The molecular weight excluding hydrogens is 308 g/mol. The van der Waals surface area contributed by atoms with Crippen molar-refractivity contribution in [1.82, 2.24) is 4.98 Å². The lowest BCUT2D eigenvalue weighted by molar-refractivity contribution is -0.120. The highest BCUT2D eigenvalue weighted by atomic mass is 16.1. The first-order valence-electron chi connectivity index (χ1n) is 8.85. The molecule has 1 heterocycles. The number of Topliss-reactive ketones (excluding diaryl/α,β-unsaturated/α-hetero) is 1. The lowest BCUT2D eigenvalue weighted by Crippen LogP contribution is -2.13. The number of fused-ring (bicyclic) bond motifs is 1. The second-order valence-electron chi connectivity index (χ2n) is 6.86. The minimum Gasteiger partial charge on any atom is -0.358 e. The molecule has 1 aliphatic carbocycles. The highest BCUT2D eigenvalue weighted by molar-refractivity contribution is 5.87. The number of nitrogens with one attached hydrogen (secondary N) is 1. The van der Waals surface area contributed by atoms with Crippen LogP contribution in [0.25, 0.3) is 10.9 Å². The quantitative estimate of drug-likeness (QED) is 0.746. The van der Waals surface area contributed by atoms with Gasteiger partial charge < -0.3 is 4.98 Å². The summed E-state index contributed by atoms with van der Waals surface area (Å²) in [4.78, 5) is 15.2. The van der Waals surface area contributed by atoms with Crippen molar-refractivity contribution in [3.8, 4) is 6.07 Å². The van der Waals surface area contributed by atoms with E-state index >= 15 is 0 Å². The van der Waals surface area contributed by atoms with E-state index in [1.54, 1.807) is 0 Å². The van der Waals surface area contributed by atoms with Crippen molar-refractivity contribution in [2.45, 2.75) is 38.0 Å². The lowest BCUT2D eigenvalue weighted by Gasteiger charge is -2.22. The maximum atomic E-state index is 11.7. The average molecular weight is 328 g/mol. The summed E-state index contributed by atoms with van der Waals surface area (Å²) in [6.45, 7) is 0. The molecule has 0 spiro atoms. The minimum atomic E-state index is 0.374. The number of H-pyrrole nitrogens is 1. The summed E-state index contributed by atoms with van der Waals surface area (Å²) in [5.41, 5.74) is 5.56. The second kappa shape index (κ2) is 6.57. The molecule has 3 nitrogen and oxygen atoms in total. The molecular formula is C22H20N2O. The molecule has 0 aliphatic heterocycles. The Morgan fingerprint density at radius 3 is 2.56 bits per heavy atom. The highest BCUT2D eigenvalue weighted by Crippen LogP contribution is 2.38. The molecule has 0 atom stereocenters. The van der Waals surface area contributed by atoms with Crippen LogP contribution in [0.1, 0.15) is 54.0 Å². The topological polar surface area (TPSA) is 56.6 Å². The van der Waals surface area contributed by atoms with E-state index in [4.69, 9.17) is 0 Å². The Morgan fingerprint density at radius 1 is 1.08 bits per heavy atom. The standard InChI is InChI=1S/C22H20N2O/c23-14-16-6-11-20-19(12-16)22(17-7-9-18(25)10-8-17)21(24-20)13-15-4-2-1-3-5-15/h1-6,11-12,17,24H,7-10,13H2. The van der Waals surface area contributed by atoms with E-state index in [1.165, 1.54) is 16.8 Å². The van der Waals surface area contributed by atoms with Crippen LogP contribution in [0.5, 0.6) is 0 Å². The number of ketones is 1. The summed E-state index contributed by atoms with van der Waals surface area (Å²) in [5, 5.41) is 10.4. The summed E-state index contributed by atoms with van der Waals surface area (Å²) in [6.07, 6.45) is 3.99. The molecule has 0 bridgehead atoms. The Morgan fingerprint density at radius 2 is 1.84 bits per heavy atom. The zero-order chi connectivity index (χ0) is 17.2. The van der Waals surface area contributed by atoms with Crippen LogP contribution in [0, 0.1) is 11.3 Å². The predicted molar refractivity (Wildman–Crippen MR) is 98.5 cm³/mol. The number of nitriles is 1. The zero-order valence-electron chi connectivity index (χ0n) is 14.1. The molecule has 4 rings (SSSR count). The van der Waals surface area contributed by atoms with Crippen molar-refractivity contribution in [2.75, 3.05) is 0 Å². The number of carbonyl (C=O) groups is 1. The van der Waals surface area contributed by atoms with E-state index in [2.05, 4.69) is 35.3 Å². The third-order valence-corrected chi connectivity index (χ3v) is 5.22.